The molecule has 0 aliphatic rings. The number of halogens is 3. The van der Waals surface area contributed by atoms with Crippen molar-refractivity contribution in [1.29, 1.82) is 5.41 Å². The monoisotopic (exact) mass is 355 g/mol. The third-order valence-corrected chi connectivity index (χ3v) is 3.00. The van der Waals surface area contributed by atoms with E-state index in [4.69, 9.17) is 17.0 Å². The molecular weight excluding hydrogens is 336 g/mol. The van der Waals surface area contributed by atoms with Gasteiger partial charge in [-0.1, -0.05) is 25.4 Å². The van der Waals surface area contributed by atoms with Gasteiger partial charge in [0.15, 0.2) is 0 Å². The number of nitrogens with one attached hydrogen (secondary N) is 2. The van der Waals surface area contributed by atoms with Crippen molar-refractivity contribution < 1.29 is 13.5 Å². The molecule has 7 heteroatoms. The summed E-state index contributed by atoms with van der Waals surface area (Å²) >= 11 is 6.06. The van der Waals surface area contributed by atoms with Gasteiger partial charge in [0, 0.05) is 24.5 Å². The first kappa shape index (κ1) is 19.8. The lowest BCUT2D eigenvalue weighted by atomic mass is 10.1. The van der Waals surface area contributed by atoms with Crippen LogP contribution in [0.2, 0.25) is 5.02 Å². The summed E-state index contributed by atoms with van der Waals surface area (Å²) in [5, 5.41) is 11.2. The number of hydrogen-bond acceptors (Lipinski definition) is 4. The molecule has 0 saturated heterocycles. The van der Waals surface area contributed by atoms with Crippen molar-refractivity contribution in [3.63, 3.8) is 0 Å². The van der Waals surface area contributed by atoms with Gasteiger partial charge in [0.25, 0.3) is 0 Å². The van der Waals surface area contributed by atoms with Crippen LogP contribution in [-0.2, 0) is 0 Å². The summed E-state index contributed by atoms with van der Waals surface area (Å²) in [6.07, 6.45) is -1.71. The van der Waals surface area contributed by atoms with Crippen LogP contribution in [0, 0.1) is 5.41 Å². The van der Waals surface area contributed by atoms with E-state index >= 15 is 0 Å². The second-order valence-electron chi connectivity index (χ2n) is 4.70. The Hall–Kier alpha value is -2.21. The lowest BCUT2D eigenvalue weighted by Crippen LogP contribution is -2.18. The van der Waals surface area contributed by atoms with Crippen LogP contribution in [0.25, 0.3) is 0 Å². The number of alkyl halides is 2. The van der Waals surface area contributed by atoms with Crippen molar-refractivity contribution in [3.05, 3.63) is 47.1 Å². The summed E-state index contributed by atoms with van der Waals surface area (Å²) in [6, 6.07) is 7.59. The summed E-state index contributed by atoms with van der Waals surface area (Å²) in [5.41, 5.74) is 1.37. The Morgan fingerprint density at radius 2 is 1.79 bits per heavy atom. The van der Waals surface area contributed by atoms with Gasteiger partial charge in [0.05, 0.1) is 10.6 Å². The minimum atomic E-state index is -3.23. The van der Waals surface area contributed by atoms with Gasteiger partial charge in [-0.05, 0) is 37.3 Å². The van der Waals surface area contributed by atoms with E-state index in [2.05, 4.69) is 15.0 Å². The topological polar surface area (TPSA) is 58.0 Å². The van der Waals surface area contributed by atoms with Crippen LogP contribution < -0.4 is 10.1 Å². The number of rotatable bonds is 5. The number of hydrogen-bond donors (Lipinski definition) is 2. The lowest BCUT2D eigenvalue weighted by Gasteiger charge is -2.14. The predicted molar refractivity (Wildman–Crippen MR) is 94.1 cm³/mol. The van der Waals surface area contributed by atoms with Crippen molar-refractivity contribution in [1.82, 2.24) is 4.98 Å². The summed E-state index contributed by atoms with van der Waals surface area (Å²) in [4.78, 5) is 4.15. The Labute approximate surface area is 145 Å². The fourth-order valence-corrected chi connectivity index (χ4v) is 2.13. The van der Waals surface area contributed by atoms with Gasteiger partial charge in [-0.3, -0.25) is 0 Å². The molecular formula is C17H20ClF2N3O. The summed E-state index contributed by atoms with van der Waals surface area (Å²) in [6.45, 7) is 6.28. The highest BCUT2D eigenvalue weighted by Gasteiger charge is 2.22. The molecule has 0 bridgehead atoms. The number of ether oxygens (including phenoxy) is 1. The first-order valence-electron chi connectivity index (χ1n) is 7.40. The normalized spacial score (nSPS) is 10.5. The van der Waals surface area contributed by atoms with Crippen LogP contribution >= 0.6 is 11.6 Å². The van der Waals surface area contributed by atoms with Gasteiger partial charge in [-0.25, -0.2) is 4.98 Å². The van der Waals surface area contributed by atoms with Crippen LogP contribution in [-0.4, -0.2) is 16.8 Å². The molecule has 0 radical (unpaired) electrons. The van der Waals surface area contributed by atoms with Gasteiger partial charge < -0.3 is 15.5 Å². The van der Waals surface area contributed by atoms with E-state index in [-0.39, 0.29) is 11.5 Å². The molecule has 2 rings (SSSR count). The average molecular weight is 356 g/mol. The molecule has 0 atom stereocenters. The van der Waals surface area contributed by atoms with Gasteiger partial charge in [0.1, 0.15) is 11.6 Å². The molecule has 0 unspecified atom stereocenters. The maximum Gasteiger partial charge on any atom is 0.394 e. The maximum absolute atomic E-state index is 12.8. The molecule has 24 heavy (non-hydrogen) atoms. The summed E-state index contributed by atoms with van der Waals surface area (Å²) < 4.78 is 30.0. The van der Waals surface area contributed by atoms with Crippen LogP contribution in [0.15, 0.2) is 36.5 Å². The van der Waals surface area contributed by atoms with E-state index in [1.807, 2.05) is 13.8 Å². The van der Waals surface area contributed by atoms with Gasteiger partial charge in [0.2, 0.25) is 0 Å². The van der Waals surface area contributed by atoms with E-state index in [1.54, 1.807) is 25.1 Å². The van der Waals surface area contributed by atoms with Gasteiger partial charge >= 0.3 is 6.11 Å². The van der Waals surface area contributed by atoms with Crippen LogP contribution in [0.4, 0.5) is 20.3 Å². The second-order valence-corrected chi connectivity index (χ2v) is 5.11. The highest BCUT2D eigenvalue weighted by molar-refractivity contribution is 6.34. The van der Waals surface area contributed by atoms with Crippen LogP contribution in [0.3, 0.4) is 0 Å². The van der Waals surface area contributed by atoms with Crippen molar-refractivity contribution in [2.24, 2.45) is 0 Å². The molecule has 0 saturated carbocycles. The number of pyridine rings is 1. The lowest BCUT2D eigenvalue weighted by molar-refractivity contribution is -0.158. The molecule has 4 nitrogen and oxygen atoms in total. The van der Waals surface area contributed by atoms with Gasteiger partial charge in [-0.2, -0.15) is 8.78 Å². The minimum Gasteiger partial charge on any atom is -0.433 e. The highest BCUT2D eigenvalue weighted by atomic mass is 35.5. The molecule has 1 aromatic heterocycles. The predicted octanol–water partition coefficient (Wildman–Crippen LogP) is 5.88. The fourth-order valence-electron chi connectivity index (χ4n) is 1.84. The second kappa shape index (κ2) is 8.59. The smallest absolute Gasteiger partial charge is 0.394 e. The van der Waals surface area contributed by atoms with Crippen LogP contribution in [0.1, 0.15) is 33.3 Å². The zero-order chi connectivity index (χ0) is 18.3. The molecule has 130 valence electrons. The Morgan fingerprint density at radius 1 is 1.21 bits per heavy atom. The standard InChI is InChI=1S/C15H14ClF2N3O.C2H6/c1-9(19)13-12(16)7-8-20-14(13)21-10-3-5-11(6-4-10)22-15(2,17)18;1-2/h3-8,19H,1-2H3,(H,20,21);1-2H3. The zero-order valence-electron chi connectivity index (χ0n) is 14.0. The number of aromatic nitrogens is 1. The molecule has 2 aromatic rings. The quantitative estimate of drug-likeness (QED) is 0.658. The SMILES string of the molecule is CC.CC(=N)c1c(Cl)ccnc1Nc1ccc(OC(C)(F)F)cc1. The van der Waals surface area contributed by atoms with Crippen LogP contribution in [0.5, 0.6) is 5.75 Å². The van der Waals surface area contributed by atoms with E-state index < -0.39 is 6.11 Å². The summed E-state index contributed by atoms with van der Waals surface area (Å²) in [5.74, 6) is 0.482. The zero-order valence-corrected chi connectivity index (χ0v) is 14.7. The van der Waals surface area contributed by atoms with E-state index in [9.17, 15) is 8.78 Å². The molecule has 0 aliphatic heterocycles. The number of nitrogens with zero attached hydrogens (tertiary/aromatic N) is 1. The van der Waals surface area contributed by atoms with E-state index in [0.717, 1.165) is 0 Å². The third kappa shape index (κ3) is 5.77. The number of anilines is 2. The third-order valence-electron chi connectivity index (χ3n) is 2.69. The Balaban J connectivity index is 0.00000139. The molecule has 0 spiro atoms. The highest BCUT2D eigenvalue weighted by Crippen LogP contribution is 2.27. The van der Waals surface area contributed by atoms with Gasteiger partial charge in [-0.15, -0.1) is 0 Å². The fraction of sp³-hybridized carbons (Fsp3) is 0.294. The summed E-state index contributed by atoms with van der Waals surface area (Å²) in [7, 11) is 0. The molecule has 1 aromatic carbocycles. The molecule has 2 N–H and O–H groups in total. The Morgan fingerprint density at radius 3 is 2.29 bits per heavy atom. The minimum absolute atomic E-state index is 0.0561. The maximum atomic E-state index is 12.8. The van der Waals surface area contributed by atoms with Crippen molar-refractivity contribution in [2.45, 2.75) is 33.8 Å². The first-order valence-corrected chi connectivity index (χ1v) is 7.78. The molecule has 1 heterocycles. The first-order chi connectivity index (χ1) is 11.3. The Kier molecular flexibility index (Phi) is 7.10. The van der Waals surface area contributed by atoms with E-state index in [1.165, 1.54) is 18.3 Å². The largest absolute Gasteiger partial charge is 0.433 e. The number of benzene rings is 1. The van der Waals surface area contributed by atoms with E-state index in [0.29, 0.717) is 29.0 Å². The van der Waals surface area contributed by atoms with Crippen molar-refractivity contribution >= 4 is 28.8 Å². The van der Waals surface area contributed by atoms with Crippen molar-refractivity contribution in [3.8, 4) is 5.75 Å². The van der Waals surface area contributed by atoms with Crippen molar-refractivity contribution in [2.75, 3.05) is 5.32 Å². The Bertz CT molecular complexity index is 685. The average Bonchev–Trinajstić information content (AvgIpc) is 2.49. The molecule has 0 fully saturated rings. The molecule has 0 aliphatic carbocycles. The molecule has 0 amide bonds.